The third-order valence-corrected chi connectivity index (χ3v) is 6.26. The molecule has 9 nitrogen and oxygen atoms in total. The first-order valence-corrected chi connectivity index (χ1v) is 12.7. The minimum Gasteiger partial charge on any atom is -0.483 e. The summed E-state index contributed by atoms with van der Waals surface area (Å²) in [4.78, 5) is 24.0. The Morgan fingerprint density at radius 3 is 2.43 bits per heavy atom. The van der Waals surface area contributed by atoms with E-state index in [1.54, 1.807) is 24.3 Å². The zero-order valence-corrected chi connectivity index (χ0v) is 20.5. The molecule has 3 aromatic rings. The van der Waals surface area contributed by atoms with Gasteiger partial charge in [-0.3, -0.25) is 13.9 Å². The van der Waals surface area contributed by atoms with Gasteiger partial charge in [0, 0.05) is 34.4 Å². The molecule has 184 valence electrons. The molecule has 0 unspecified atom stereocenters. The Balaban J connectivity index is 1.83. The van der Waals surface area contributed by atoms with E-state index < -0.39 is 21.8 Å². The molecular weight excluding hydrogens is 492 g/mol. The second-order valence-corrected chi connectivity index (χ2v) is 10.1. The zero-order chi connectivity index (χ0) is 25.6. The fourth-order valence-corrected chi connectivity index (χ4v) is 4.38. The van der Waals surface area contributed by atoms with E-state index >= 15 is 0 Å². The number of ether oxygens (including phenoxy) is 1. The number of anilines is 2. The van der Waals surface area contributed by atoms with Crippen LogP contribution in [0, 0.1) is 0 Å². The first-order chi connectivity index (χ1) is 16.5. The van der Waals surface area contributed by atoms with Gasteiger partial charge >= 0.3 is 0 Å². The lowest BCUT2D eigenvalue weighted by Gasteiger charge is -2.23. The van der Waals surface area contributed by atoms with Crippen molar-refractivity contribution in [3.05, 3.63) is 88.4 Å². The van der Waals surface area contributed by atoms with Crippen molar-refractivity contribution in [3.63, 3.8) is 0 Å². The Hall–Kier alpha value is -3.76. The van der Waals surface area contributed by atoms with E-state index in [0.29, 0.717) is 17.0 Å². The normalized spacial score (nSPS) is 11.0. The van der Waals surface area contributed by atoms with Crippen molar-refractivity contribution in [2.45, 2.75) is 13.1 Å². The summed E-state index contributed by atoms with van der Waals surface area (Å²) in [7, 11) is -3.68. The molecule has 0 heterocycles. The third-order valence-electron chi connectivity index (χ3n) is 4.90. The molecule has 3 rings (SSSR count). The van der Waals surface area contributed by atoms with Crippen LogP contribution >= 0.6 is 11.6 Å². The van der Waals surface area contributed by atoms with E-state index in [9.17, 15) is 18.0 Å². The summed E-state index contributed by atoms with van der Waals surface area (Å²) in [6.45, 7) is -0.216. The standard InChI is InChI=1S/C24H25ClN4O5S/c1-35(32,33)29(14-16-5-3-2-4-6-16)21-10-18(9-19(25)11-21)24(31)28-13-17-7-8-20(26)12-22(17)34-15-23(27)30/h2-12H,13-15,26H2,1H3,(H2,27,30)(H,28,31). The highest BCUT2D eigenvalue weighted by molar-refractivity contribution is 7.92. The van der Waals surface area contributed by atoms with Gasteiger partial charge in [0.2, 0.25) is 10.0 Å². The van der Waals surface area contributed by atoms with Crippen LogP contribution in [0.2, 0.25) is 5.02 Å². The largest absolute Gasteiger partial charge is 0.483 e. The summed E-state index contributed by atoms with van der Waals surface area (Å²) in [6, 6.07) is 18.3. The quantitative estimate of drug-likeness (QED) is 0.353. The minimum absolute atomic E-state index is 0.0505. The number of benzene rings is 3. The number of halogens is 1. The van der Waals surface area contributed by atoms with Crippen LogP contribution in [0.25, 0.3) is 0 Å². The van der Waals surface area contributed by atoms with Crippen LogP contribution in [0.15, 0.2) is 66.7 Å². The maximum Gasteiger partial charge on any atom is 0.255 e. The third kappa shape index (κ3) is 7.36. The van der Waals surface area contributed by atoms with Gasteiger partial charge in [-0.2, -0.15) is 0 Å². The maximum atomic E-state index is 12.9. The first kappa shape index (κ1) is 25.9. The number of carbonyl (C=O) groups is 2. The average molecular weight is 517 g/mol. The van der Waals surface area contributed by atoms with Crippen LogP contribution in [0.1, 0.15) is 21.5 Å². The van der Waals surface area contributed by atoms with Crippen molar-refractivity contribution in [3.8, 4) is 5.75 Å². The molecule has 0 aliphatic rings. The van der Waals surface area contributed by atoms with Crippen LogP contribution in [-0.4, -0.2) is 33.1 Å². The zero-order valence-electron chi connectivity index (χ0n) is 18.9. The van der Waals surface area contributed by atoms with Crippen molar-refractivity contribution < 1.29 is 22.7 Å². The van der Waals surface area contributed by atoms with Crippen LogP contribution in [0.3, 0.4) is 0 Å². The molecule has 0 fully saturated rings. The van der Waals surface area contributed by atoms with E-state index in [1.165, 1.54) is 28.6 Å². The van der Waals surface area contributed by atoms with Crippen LogP contribution < -0.4 is 25.8 Å². The number of nitrogens with zero attached hydrogens (tertiary/aromatic N) is 1. The van der Waals surface area contributed by atoms with Crippen molar-refractivity contribution in [2.75, 3.05) is 22.9 Å². The molecule has 0 aromatic heterocycles. The van der Waals surface area contributed by atoms with Gasteiger partial charge in [-0.15, -0.1) is 0 Å². The second kappa shape index (κ2) is 11.1. The molecule has 0 saturated heterocycles. The Bertz CT molecular complexity index is 1330. The highest BCUT2D eigenvalue weighted by Gasteiger charge is 2.20. The Labute approximate surface area is 208 Å². The molecule has 35 heavy (non-hydrogen) atoms. The van der Waals surface area contributed by atoms with Gasteiger partial charge in [0.05, 0.1) is 18.5 Å². The number of nitrogens with two attached hydrogens (primary N) is 2. The predicted molar refractivity (Wildman–Crippen MR) is 136 cm³/mol. The Morgan fingerprint density at radius 2 is 1.77 bits per heavy atom. The van der Waals surface area contributed by atoms with Gasteiger partial charge in [0.25, 0.3) is 11.8 Å². The minimum atomic E-state index is -3.68. The first-order valence-electron chi connectivity index (χ1n) is 10.4. The molecule has 0 spiro atoms. The summed E-state index contributed by atoms with van der Waals surface area (Å²) in [5.41, 5.74) is 13.1. The molecule has 5 N–H and O–H groups in total. The monoisotopic (exact) mass is 516 g/mol. The van der Waals surface area contributed by atoms with E-state index in [-0.39, 0.29) is 36.0 Å². The van der Waals surface area contributed by atoms with E-state index in [0.717, 1.165) is 11.8 Å². The van der Waals surface area contributed by atoms with Crippen molar-refractivity contribution in [2.24, 2.45) is 5.73 Å². The fraction of sp³-hybridized carbons (Fsp3) is 0.167. The molecule has 0 saturated carbocycles. The topological polar surface area (TPSA) is 145 Å². The number of rotatable bonds is 10. The fourth-order valence-electron chi connectivity index (χ4n) is 3.28. The number of amides is 2. The highest BCUT2D eigenvalue weighted by atomic mass is 35.5. The number of primary amides is 1. The SMILES string of the molecule is CS(=O)(=O)N(Cc1ccccc1)c1cc(Cl)cc(C(=O)NCc2ccc(N)cc2OCC(N)=O)c1. The smallest absolute Gasteiger partial charge is 0.255 e. The van der Waals surface area contributed by atoms with Gasteiger partial charge in [0.15, 0.2) is 6.61 Å². The number of nitrogens with one attached hydrogen (secondary N) is 1. The van der Waals surface area contributed by atoms with Crippen molar-refractivity contribution in [1.29, 1.82) is 0 Å². The van der Waals surface area contributed by atoms with Gasteiger partial charge < -0.3 is 21.5 Å². The molecule has 0 atom stereocenters. The number of nitrogen functional groups attached to an aromatic ring is 1. The molecule has 0 bridgehead atoms. The van der Waals surface area contributed by atoms with Crippen LogP contribution in [0.4, 0.5) is 11.4 Å². The number of hydrogen-bond acceptors (Lipinski definition) is 6. The summed E-state index contributed by atoms with van der Waals surface area (Å²) in [5.74, 6) is -0.832. The number of hydrogen-bond donors (Lipinski definition) is 3. The summed E-state index contributed by atoms with van der Waals surface area (Å²) >= 11 is 6.24. The second-order valence-electron chi connectivity index (χ2n) is 7.76. The molecule has 0 radical (unpaired) electrons. The average Bonchev–Trinajstić information content (AvgIpc) is 2.79. The summed E-state index contributed by atoms with van der Waals surface area (Å²) in [5, 5.41) is 2.94. The van der Waals surface area contributed by atoms with E-state index in [4.69, 9.17) is 27.8 Å². The predicted octanol–water partition coefficient (Wildman–Crippen LogP) is 2.68. The number of carbonyl (C=O) groups excluding carboxylic acids is 2. The van der Waals surface area contributed by atoms with Crippen molar-refractivity contribution >= 4 is 44.8 Å². The van der Waals surface area contributed by atoms with Gasteiger partial charge in [0.1, 0.15) is 5.75 Å². The van der Waals surface area contributed by atoms with Crippen LogP contribution in [-0.2, 0) is 27.9 Å². The van der Waals surface area contributed by atoms with E-state index in [1.807, 2.05) is 18.2 Å². The molecule has 11 heteroatoms. The lowest BCUT2D eigenvalue weighted by atomic mass is 10.1. The van der Waals surface area contributed by atoms with Crippen LogP contribution in [0.5, 0.6) is 5.75 Å². The maximum absolute atomic E-state index is 12.9. The number of sulfonamides is 1. The van der Waals surface area contributed by atoms with E-state index in [2.05, 4.69) is 5.32 Å². The molecule has 2 amide bonds. The van der Waals surface area contributed by atoms with Gasteiger partial charge in [-0.1, -0.05) is 48.0 Å². The summed E-state index contributed by atoms with van der Waals surface area (Å²) in [6.07, 6.45) is 1.09. The molecular formula is C24H25ClN4O5S. The molecule has 0 aliphatic carbocycles. The lowest BCUT2D eigenvalue weighted by molar-refractivity contribution is -0.119. The van der Waals surface area contributed by atoms with Crippen molar-refractivity contribution in [1.82, 2.24) is 5.32 Å². The van der Waals surface area contributed by atoms with Gasteiger partial charge in [-0.05, 0) is 29.8 Å². The van der Waals surface area contributed by atoms with Gasteiger partial charge in [-0.25, -0.2) is 8.42 Å². The summed E-state index contributed by atoms with van der Waals surface area (Å²) < 4.78 is 31.6. The molecule has 0 aliphatic heterocycles. The lowest BCUT2D eigenvalue weighted by Crippen LogP contribution is -2.30. The molecule has 3 aromatic carbocycles. The Morgan fingerprint density at radius 1 is 1.06 bits per heavy atom. The Kier molecular flexibility index (Phi) is 8.21. The highest BCUT2D eigenvalue weighted by Crippen LogP contribution is 2.27.